The summed E-state index contributed by atoms with van der Waals surface area (Å²) in [4.78, 5) is 60.7. The molecule has 0 bridgehead atoms. The molecule has 11 nitrogen and oxygen atoms in total. The summed E-state index contributed by atoms with van der Waals surface area (Å²) in [6.07, 6.45) is 0.560. The Hall–Kier alpha value is -4.41. The lowest BCUT2D eigenvalue weighted by Crippen LogP contribution is -2.17. The van der Waals surface area contributed by atoms with E-state index in [0.29, 0.717) is 17.5 Å². The normalized spacial score (nSPS) is 10.2. The molecule has 0 saturated carbocycles. The molecule has 0 aliphatic heterocycles. The molecule has 0 aliphatic rings. The van der Waals surface area contributed by atoms with Gasteiger partial charge in [0.2, 0.25) is 0 Å². The quantitative estimate of drug-likeness (QED) is 0.222. The Morgan fingerprint density at radius 1 is 0.676 bits per heavy atom. The van der Waals surface area contributed by atoms with Gasteiger partial charge < -0.3 is 18.9 Å². The zero-order chi connectivity index (χ0) is 27.4. The van der Waals surface area contributed by atoms with Gasteiger partial charge in [0, 0.05) is 30.4 Å². The molecule has 11 heteroatoms. The van der Waals surface area contributed by atoms with Crippen LogP contribution in [-0.2, 0) is 47.8 Å². The van der Waals surface area contributed by atoms with Crippen LogP contribution < -0.4 is 0 Å². The minimum absolute atomic E-state index is 0.0263. The van der Waals surface area contributed by atoms with Crippen molar-refractivity contribution in [3.63, 3.8) is 0 Å². The monoisotopic (exact) mass is 511 g/mol. The highest BCUT2D eigenvalue weighted by Gasteiger charge is 2.18. The molecule has 0 saturated heterocycles. The minimum atomic E-state index is -0.700. The summed E-state index contributed by atoms with van der Waals surface area (Å²) in [5, 5.41) is 0. The summed E-state index contributed by atoms with van der Waals surface area (Å²) in [6, 6.07) is 6.15. The van der Waals surface area contributed by atoms with Crippen LogP contribution in [0.25, 0.3) is 0 Å². The number of carbonyl (C=O) groups is 4. The lowest BCUT2D eigenvalue weighted by atomic mass is 10.1. The van der Waals surface area contributed by atoms with E-state index in [1.54, 1.807) is 26.0 Å². The third-order valence-electron chi connectivity index (χ3n) is 4.70. The van der Waals surface area contributed by atoms with E-state index < -0.39 is 23.9 Å². The molecule has 0 fully saturated rings. The Morgan fingerprint density at radius 3 is 1.43 bits per heavy atom. The Kier molecular flexibility index (Phi) is 11.1. The van der Waals surface area contributed by atoms with Crippen LogP contribution in [0.1, 0.15) is 52.0 Å². The van der Waals surface area contributed by atoms with Crippen molar-refractivity contribution in [2.75, 3.05) is 26.9 Å². The molecule has 0 aliphatic carbocycles. The highest BCUT2D eigenvalue weighted by atomic mass is 16.5. The average Bonchev–Trinajstić information content (AvgIpc) is 2.87. The first-order chi connectivity index (χ1) is 17.6. The van der Waals surface area contributed by atoms with Crippen molar-refractivity contribution >= 4 is 23.9 Å². The second-order valence-electron chi connectivity index (χ2n) is 7.84. The van der Waals surface area contributed by atoms with Crippen LogP contribution in [0, 0.1) is 0 Å². The van der Waals surface area contributed by atoms with Gasteiger partial charge in [0.1, 0.15) is 17.5 Å². The average molecular weight is 512 g/mol. The minimum Gasteiger partial charge on any atom is -0.465 e. The van der Waals surface area contributed by atoms with Gasteiger partial charge in [-0.15, -0.1) is 0 Å². The highest BCUT2D eigenvalue weighted by molar-refractivity contribution is 6.03. The Bertz CT molecular complexity index is 1140. The molecule has 1 aromatic heterocycles. The van der Waals surface area contributed by atoms with Crippen LogP contribution >= 0.6 is 0 Å². The van der Waals surface area contributed by atoms with Crippen molar-refractivity contribution in [1.82, 2.24) is 15.0 Å². The predicted molar refractivity (Wildman–Crippen MR) is 131 cm³/mol. The molecule has 2 rings (SSSR count). The number of ether oxygens (including phenoxy) is 4. The second kappa shape index (κ2) is 14.2. The molecule has 1 heterocycles. The molecule has 2 aromatic rings. The van der Waals surface area contributed by atoms with Gasteiger partial charge in [-0.1, -0.05) is 25.3 Å². The summed E-state index contributed by atoms with van der Waals surface area (Å²) in [5.41, 5.74) is 0.706. The lowest BCUT2D eigenvalue weighted by Gasteiger charge is -2.10. The fourth-order valence-corrected chi connectivity index (χ4v) is 2.84. The van der Waals surface area contributed by atoms with Gasteiger partial charge in [-0.2, -0.15) is 0 Å². The van der Waals surface area contributed by atoms with Crippen LogP contribution in [0.2, 0.25) is 0 Å². The second-order valence-corrected chi connectivity index (χ2v) is 7.84. The summed E-state index contributed by atoms with van der Waals surface area (Å²) < 4.78 is 20.2. The maximum absolute atomic E-state index is 12.5. The number of aromatic nitrogens is 3. The van der Waals surface area contributed by atoms with Gasteiger partial charge >= 0.3 is 23.9 Å². The highest BCUT2D eigenvalue weighted by Crippen LogP contribution is 2.12. The molecule has 0 radical (unpaired) electrons. The molecule has 0 amide bonds. The van der Waals surface area contributed by atoms with E-state index >= 15 is 0 Å². The maximum Gasteiger partial charge on any atom is 0.339 e. The predicted octanol–water partition coefficient (Wildman–Crippen LogP) is 2.38. The number of hydrogen-bond acceptors (Lipinski definition) is 11. The van der Waals surface area contributed by atoms with Crippen molar-refractivity contribution in [3.8, 4) is 0 Å². The van der Waals surface area contributed by atoms with Crippen molar-refractivity contribution in [2.45, 2.75) is 33.1 Å². The van der Waals surface area contributed by atoms with Crippen LogP contribution in [0.5, 0.6) is 0 Å². The largest absolute Gasteiger partial charge is 0.465 e. The van der Waals surface area contributed by atoms with Gasteiger partial charge in [0.05, 0.1) is 38.1 Å². The SMILES string of the molecule is C=C(C)C(=O)OCCc1nc(CCOC(=O)C(=C)C)nc(CCOC(=O)c2ccccc2C(=O)OC)n1. The Balaban J connectivity index is 2.08. The third-order valence-corrected chi connectivity index (χ3v) is 4.70. The van der Waals surface area contributed by atoms with Crippen molar-refractivity contribution in [1.29, 1.82) is 0 Å². The zero-order valence-corrected chi connectivity index (χ0v) is 21.1. The van der Waals surface area contributed by atoms with E-state index in [-0.39, 0.29) is 61.4 Å². The summed E-state index contributed by atoms with van der Waals surface area (Å²) in [7, 11) is 1.22. The van der Waals surface area contributed by atoms with E-state index in [9.17, 15) is 19.2 Å². The van der Waals surface area contributed by atoms with E-state index in [0.717, 1.165) is 0 Å². The molecule has 0 spiro atoms. The molecular weight excluding hydrogens is 482 g/mol. The topological polar surface area (TPSA) is 144 Å². The molecule has 1 aromatic carbocycles. The van der Waals surface area contributed by atoms with Gasteiger partial charge in [-0.25, -0.2) is 34.1 Å². The van der Waals surface area contributed by atoms with Gasteiger partial charge in [0.15, 0.2) is 0 Å². The number of rotatable bonds is 13. The molecule has 196 valence electrons. The van der Waals surface area contributed by atoms with E-state index in [1.807, 2.05) is 0 Å². The Morgan fingerprint density at radius 2 is 1.05 bits per heavy atom. The van der Waals surface area contributed by atoms with Crippen LogP contribution in [0.4, 0.5) is 0 Å². The molecule has 0 unspecified atom stereocenters. The van der Waals surface area contributed by atoms with E-state index in [2.05, 4.69) is 28.1 Å². The van der Waals surface area contributed by atoms with Gasteiger partial charge in [-0.3, -0.25) is 0 Å². The fourth-order valence-electron chi connectivity index (χ4n) is 2.84. The number of hydrogen-bond donors (Lipinski definition) is 0. The first-order valence-electron chi connectivity index (χ1n) is 11.3. The first-order valence-corrected chi connectivity index (χ1v) is 11.3. The van der Waals surface area contributed by atoms with Crippen molar-refractivity contribution < 1.29 is 38.1 Å². The third kappa shape index (κ3) is 9.28. The number of esters is 4. The van der Waals surface area contributed by atoms with Gasteiger partial charge in [0.25, 0.3) is 0 Å². The van der Waals surface area contributed by atoms with Crippen LogP contribution in [0.15, 0.2) is 48.6 Å². The number of benzene rings is 1. The summed E-state index contributed by atoms with van der Waals surface area (Å²) in [6.45, 7) is 10.1. The van der Waals surface area contributed by atoms with Gasteiger partial charge in [-0.05, 0) is 26.0 Å². The molecule has 0 N–H and O–H groups in total. The van der Waals surface area contributed by atoms with Crippen LogP contribution in [0.3, 0.4) is 0 Å². The van der Waals surface area contributed by atoms with Crippen molar-refractivity contribution in [2.24, 2.45) is 0 Å². The lowest BCUT2D eigenvalue weighted by molar-refractivity contribution is -0.139. The Labute approximate surface area is 214 Å². The van der Waals surface area contributed by atoms with E-state index in [4.69, 9.17) is 18.9 Å². The summed E-state index contributed by atoms with van der Waals surface area (Å²) >= 11 is 0. The molecule has 37 heavy (non-hydrogen) atoms. The first kappa shape index (κ1) is 28.8. The summed E-state index contributed by atoms with van der Waals surface area (Å²) in [5.74, 6) is -1.38. The molecule has 0 atom stereocenters. The smallest absolute Gasteiger partial charge is 0.339 e. The van der Waals surface area contributed by atoms with Crippen LogP contribution in [-0.4, -0.2) is 65.8 Å². The number of methoxy groups -OCH3 is 1. The maximum atomic E-state index is 12.5. The number of carbonyl (C=O) groups excluding carboxylic acids is 4. The van der Waals surface area contributed by atoms with E-state index in [1.165, 1.54) is 19.2 Å². The van der Waals surface area contributed by atoms with Crippen molar-refractivity contribution in [3.05, 3.63) is 77.2 Å². The number of nitrogens with zero attached hydrogens (tertiary/aromatic N) is 3. The molecular formula is C26H29N3O8. The standard InChI is InChI=1S/C26H29N3O8/c1-16(2)23(30)35-13-10-20-27-21(11-14-36-24(31)17(3)4)29-22(28-20)12-15-37-26(33)19-9-7-6-8-18(19)25(32)34-5/h6-9H,1,3,10-15H2,2,4-5H3. The fraction of sp³-hybridized carbons (Fsp3) is 0.346. The zero-order valence-electron chi connectivity index (χ0n) is 21.1.